The number of carboxylic acid groups (broad SMARTS) is 1. The van der Waals surface area contributed by atoms with Crippen LogP contribution in [0.5, 0.6) is 0 Å². The number of amides is 1. The highest BCUT2D eigenvalue weighted by molar-refractivity contribution is 6.35. The van der Waals surface area contributed by atoms with E-state index in [1.165, 1.54) is 4.90 Å². The minimum absolute atomic E-state index is 0.0766. The van der Waals surface area contributed by atoms with E-state index < -0.39 is 18.0 Å². The van der Waals surface area contributed by atoms with Crippen LogP contribution in [0.25, 0.3) is 43.8 Å². The zero-order valence-electron chi connectivity index (χ0n) is 29.9. The molecule has 3 aromatic heterocycles. The van der Waals surface area contributed by atoms with Gasteiger partial charge in [-0.2, -0.15) is 15.5 Å². The zero-order chi connectivity index (χ0) is 36.4. The number of ether oxygens (including phenoxy) is 1. The number of anilines is 1. The standard InChI is InChI=1S/C38H43ClFN9O3/c1-5-45(4)25-19-46(20-25)37-28-18-42-48(24-10-12-47(38(50)51)23(15-24)9-11-41)36(28)26-16-29(39)33(34(40)35(26)44-37)32-22(3)21(2)14-30-27(32)17-43-49(30)31-8-6-7-13-52-31/h14,16-18,23-25,31H,5-10,12-13,15,19-20H2,1-4H3,(H,50,51)/t23-,24+,31?/m1/s1. The lowest BCUT2D eigenvalue weighted by molar-refractivity contribution is -0.0366. The van der Waals surface area contributed by atoms with Crippen LogP contribution in [0.2, 0.25) is 5.02 Å². The van der Waals surface area contributed by atoms with Gasteiger partial charge in [-0.15, -0.1) is 0 Å². The number of aromatic nitrogens is 5. The van der Waals surface area contributed by atoms with Crippen molar-refractivity contribution >= 4 is 56.2 Å². The minimum atomic E-state index is -1.04. The number of benzene rings is 2. The van der Waals surface area contributed by atoms with Crippen LogP contribution >= 0.6 is 11.6 Å². The highest BCUT2D eigenvalue weighted by Gasteiger charge is 2.37. The van der Waals surface area contributed by atoms with Crippen molar-refractivity contribution in [3.63, 3.8) is 0 Å². The summed E-state index contributed by atoms with van der Waals surface area (Å²) in [6.45, 7) is 9.48. The summed E-state index contributed by atoms with van der Waals surface area (Å²) in [6, 6.07) is 5.70. The summed E-state index contributed by atoms with van der Waals surface area (Å²) in [5.41, 5.74) is 4.64. The van der Waals surface area contributed by atoms with Crippen LogP contribution in [0.15, 0.2) is 24.5 Å². The SMILES string of the molecule is CCN(C)C1CN(c2nc3c(F)c(-c4c(C)c(C)cc5c4cnn5C4CCCCO4)c(Cl)cc3c3c2cnn3[C@H]2CCN(C(=O)O)[C@H](CC#N)C2)C1. The fourth-order valence-corrected chi connectivity index (χ4v) is 8.75. The van der Waals surface area contributed by atoms with E-state index >= 15 is 4.39 Å². The maximum atomic E-state index is 17.6. The quantitative estimate of drug-likeness (QED) is 0.182. The van der Waals surface area contributed by atoms with Gasteiger partial charge in [0, 0.05) is 54.2 Å². The van der Waals surface area contributed by atoms with E-state index in [0.29, 0.717) is 47.8 Å². The van der Waals surface area contributed by atoms with Crippen molar-refractivity contribution < 1.29 is 19.0 Å². The number of nitriles is 1. The van der Waals surface area contributed by atoms with Crippen LogP contribution in [-0.4, -0.2) is 97.5 Å². The lowest BCUT2D eigenvalue weighted by atomic mass is 9.92. The van der Waals surface area contributed by atoms with Gasteiger partial charge in [0.05, 0.1) is 58.4 Å². The van der Waals surface area contributed by atoms with Crippen molar-refractivity contribution in [3.05, 3.63) is 46.5 Å². The Balaban J connectivity index is 1.32. The molecule has 6 heterocycles. The van der Waals surface area contributed by atoms with Crippen LogP contribution in [0.4, 0.5) is 15.0 Å². The number of piperidine rings is 1. The zero-order valence-corrected chi connectivity index (χ0v) is 30.7. The average molecular weight is 728 g/mol. The molecule has 2 aromatic carbocycles. The first-order valence-corrected chi connectivity index (χ1v) is 18.6. The maximum Gasteiger partial charge on any atom is 0.407 e. The van der Waals surface area contributed by atoms with Crippen LogP contribution in [-0.2, 0) is 4.74 Å². The predicted molar refractivity (Wildman–Crippen MR) is 198 cm³/mol. The lowest BCUT2D eigenvalue weighted by Gasteiger charge is -2.44. The number of rotatable bonds is 7. The van der Waals surface area contributed by atoms with Gasteiger partial charge in [-0.25, -0.2) is 18.9 Å². The molecule has 272 valence electrons. The van der Waals surface area contributed by atoms with E-state index in [-0.39, 0.29) is 41.3 Å². The minimum Gasteiger partial charge on any atom is -0.465 e. The van der Waals surface area contributed by atoms with Crippen molar-refractivity contribution in [1.82, 2.24) is 34.3 Å². The average Bonchev–Trinajstić information content (AvgIpc) is 3.75. The Morgan fingerprint density at radius 1 is 1.12 bits per heavy atom. The third-order valence-corrected chi connectivity index (χ3v) is 12.0. The molecule has 0 aliphatic carbocycles. The normalized spacial score (nSPS) is 21.4. The van der Waals surface area contributed by atoms with E-state index in [0.717, 1.165) is 66.3 Å². The summed E-state index contributed by atoms with van der Waals surface area (Å²) in [7, 11) is 2.10. The molecule has 0 radical (unpaired) electrons. The summed E-state index contributed by atoms with van der Waals surface area (Å²) in [6.07, 6.45) is 6.27. The second-order valence-electron chi connectivity index (χ2n) is 14.6. The Labute approximate surface area is 306 Å². The van der Waals surface area contributed by atoms with Gasteiger partial charge in [0.15, 0.2) is 12.0 Å². The Morgan fingerprint density at radius 3 is 2.60 bits per heavy atom. The number of fused-ring (bicyclic) bond motifs is 4. The molecule has 3 atom stereocenters. The van der Waals surface area contributed by atoms with Crippen molar-refractivity contribution in [3.8, 4) is 17.2 Å². The van der Waals surface area contributed by atoms with E-state index in [1.807, 2.05) is 23.2 Å². The summed E-state index contributed by atoms with van der Waals surface area (Å²) < 4.78 is 27.5. The van der Waals surface area contributed by atoms with Gasteiger partial charge in [-0.05, 0) is 82.8 Å². The van der Waals surface area contributed by atoms with Crippen molar-refractivity contribution in [1.29, 1.82) is 5.26 Å². The van der Waals surface area contributed by atoms with E-state index in [2.05, 4.69) is 35.9 Å². The summed E-state index contributed by atoms with van der Waals surface area (Å²) in [4.78, 5) is 22.9. The Morgan fingerprint density at radius 2 is 1.88 bits per heavy atom. The van der Waals surface area contributed by atoms with E-state index in [9.17, 15) is 15.2 Å². The first-order valence-electron chi connectivity index (χ1n) is 18.2. The molecule has 8 rings (SSSR count). The van der Waals surface area contributed by atoms with Gasteiger partial charge < -0.3 is 24.5 Å². The van der Waals surface area contributed by atoms with E-state index in [4.69, 9.17) is 31.5 Å². The summed E-state index contributed by atoms with van der Waals surface area (Å²) >= 11 is 7.18. The number of likely N-dealkylation sites (N-methyl/N-ethyl adjacent to an activating group) is 1. The largest absolute Gasteiger partial charge is 0.465 e. The monoisotopic (exact) mass is 727 g/mol. The fraction of sp³-hybridized carbons (Fsp3) is 0.500. The molecule has 0 spiro atoms. The highest BCUT2D eigenvalue weighted by atomic mass is 35.5. The molecular formula is C38H43ClFN9O3. The van der Waals surface area contributed by atoms with Crippen molar-refractivity contribution in [2.24, 2.45) is 0 Å². The van der Waals surface area contributed by atoms with Gasteiger partial charge in [-0.1, -0.05) is 18.5 Å². The molecule has 3 aliphatic heterocycles. The number of hydrogen-bond acceptors (Lipinski definition) is 8. The van der Waals surface area contributed by atoms with Crippen LogP contribution in [0.3, 0.4) is 0 Å². The Bertz CT molecular complexity index is 2250. The highest BCUT2D eigenvalue weighted by Crippen LogP contribution is 2.46. The first-order chi connectivity index (χ1) is 25.1. The number of likely N-dealkylation sites (tertiary alicyclic amines) is 1. The predicted octanol–water partition coefficient (Wildman–Crippen LogP) is 7.45. The van der Waals surface area contributed by atoms with Crippen LogP contribution in [0.1, 0.15) is 68.8 Å². The smallest absolute Gasteiger partial charge is 0.407 e. The number of nitrogens with zero attached hydrogens (tertiary/aromatic N) is 9. The third-order valence-electron chi connectivity index (χ3n) is 11.7. The number of pyridine rings is 1. The van der Waals surface area contributed by atoms with Crippen LogP contribution < -0.4 is 4.90 Å². The molecule has 52 heavy (non-hydrogen) atoms. The number of carbonyl (C=O) groups is 1. The van der Waals surface area contributed by atoms with Gasteiger partial charge in [0.1, 0.15) is 11.3 Å². The number of aryl methyl sites for hydroxylation is 1. The summed E-state index contributed by atoms with van der Waals surface area (Å²) in [5, 5.41) is 31.4. The van der Waals surface area contributed by atoms with Crippen molar-refractivity contribution in [2.45, 2.75) is 83.6 Å². The molecule has 0 saturated carbocycles. The molecule has 12 nitrogen and oxygen atoms in total. The van der Waals surface area contributed by atoms with Gasteiger partial charge in [0.25, 0.3) is 0 Å². The van der Waals surface area contributed by atoms with Gasteiger partial charge in [-0.3, -0.25) is 4.68 Å². The topological polar surface area (TPSA) is 129 Å². The second kappa shape index (κ2) is 13.5. The first kappa shape index (κ1) is 34.6. The van der Waals surface area contributed by atoms with Gasteiger partial charge >= 0.3 is 6.09 Å². The second-order valence-corrected chi connectivity index (χ2v) is 15.0. The molecule has 1 N–H and O–H groups in total. The third kappa shape index (κ3) is 5.54. The summed E-state index contributed by atoms with van der Waals surface area (Å²) in [5.74, 6) is 0.146. The fourth-order valence-electron chi connectivity index (χ4n) is 8.46. The molecule has 14 heteroatoms. The molecule has 0 bridgehead atoms. The lowest BCUT2D eigenvalue weighted by Crippen LogP contribution is -2.58. The van der Waals surface area contributed by atoms with Crippen LogP contribution in [0, 0.1) is 31.0 Å². The van der Waals surface area contributed by atoms with Gasteiger partial charge in [0.2, 0.25) is 0 Å². The molecule has 3 fully saturated rings. The number of halogens is 2. The van der Waals surface area contributed by atoms with Crippen molar-refractivity contribution in [2.75, 3.05) is 44.7 Å². The molecule has 5 aromatic rings. The van der Waals surface area contributed by atoms with E-state index in [1.54, 1.807) is 18.5 Å². The maximum absolute atomic E-state index is 17.6. The number of hydrogen-bond donors (Lipinski definition) is 1. The molecule has 1 unspecified atom stereocenters. The molecule has 3 aliphatic rings. The Hall–Kier alpha value is -4.51. The Kier molecular flexibility index (Phi) is 8.96. The molecular weight excluding hydrogens is 685 g/mol. The molecule has 3 saturated heterocycles. The molecule has 1 amide bonds.